The number of carbonyl (C=O) groups excluding carboxylic acids is 2. The first kappa shape index (κ1) is 31.4. The Labute approximate surface area is 244 Å². The summed E-state index contributed by atoms with van der Waals surface area (Å²) in [6, 6.07) is 15.0. The molecule has 0 radical (unpaired) electrons. The van der Waals surface area contributed by atoms with Crippen LogP contribution in [0.25, 0.3) is 0 Å². The van der Waals surface area contributed by atoms with E-state index in [0.717, 1.165) is 15.9 Å². The van der Waals surface area contributed by atoms with E-state index in [-0.39, 0.29) is 39.6 Å². The van der Waals surface area contributed by atoms with Crippen LogP contribution in [-0.2, 0) is 26.2 Å². The Balaban J connectivity index is 2.12. The third-order valence-corrected chi connectivity index (χ3v) is 8.70. The van der Waals surface area contributed by atoms with Crippen LogP contribution in [0.1, 0.15) is 38.3 Å². The van der Waals surface area contributed by atoms with Crippen LogP contribution in [0.3, 0.4) is 0 Å². The average Bonchev–Trinajstić information content (AvgIpc) is 2.89. The Bertz CT molecular complexity index is 1450. The number of hydrogen-bond donors (Lipinski definition) is 1. The molecule has 0 saturated carbocycles. The highest BCUT2D eigenvalue weighted by Crippen LogP contribution is 2.29. The molecule has 3 aromatic rings. The molecular formula is C29H32Cl2FN3O4S. The molecule has 0 spiro atoms. The van der Waals surface area contributed by atoms with Crippen molar-refractivity contribution in [3.05, 3.63) is 93.7 Å². The van der Waals surface area contributed by atoms with Crippen molar-refractivity contribution in [1.82, 2.24) is 10.2 Å². The summed E-state index contributed by atoms with van der Waals surface area (Å²) < 4.78 is 43.4. The van der Waals surface area contributed by atoms with Gasteiger partial charge >= 0.3 is 0 Å². The summed E-state index contributed by atoms with van der Waals surface area (Å²) >= 11 is 12.8. The number of hydrogen-bond acceptors (Lipinski definition) is 4. The second kappa shape index (κ2) is 13.5. The molecule has 7 nitrogen and oxygen atoms in total. The van der Waals surface area contributed by atoms with Crippen molar-refractivity contribution in [3.63, 3.8) is 0 Å². The fourth-order valence-electron chi connectivity index (χ4n) is 4.16. The van der Waals surface area contributed by atoms with E-state index < -0.39 is 40.2 Å². The molecule has 3 aromatic carbocycles. The maximum Gasteiger partial charge on any atom is 0.264 e. The average molecular weight is 609 g/mol. The van der Waals surface area contributed by atoms with E-state index in [9.17, 15) is 18.0 Å². The lowest BCUT2D eigenvalue weighted by atomic mass is 10.1. The number of amides is 2. The number of sulfonamides is 1. The Kier molecular flexibility index (Phi) is 10.6. The van der Waals surface area contributed by atoms with Gasteiger partial charge in [0.25, 0.3) is 10.0 Å². The van der Waals surface area contributed by atoms with Crippen molar-refractivity contribution in [1.29, 1.82) is 0 Å². The molecule has 1 unspecified atom stereocenters. The molecule has 0 aliphatic rings. The summed E-state index contributed by atoms with van der Waals surface area (Å²) in [7, 11) is -4.39. The molecule has 0 aromatic heterocycles. The van der Waals surface area contributed by atoms with Crippen molar-refractivity contribution in [2.24, 2.45) is 0 Å². The molecule has 0 saturated heterocycles. The van der Waals surface area contributed by atoms with Crippen LogP contribution in [-0.4, -0.2) is 43.8 Å². The molecule has 0 fully saturated rings. The van der Waals surface area contributed by atoms with Crippen molar-refractivity contribution in [3.8, 4) is 0 Å². The van der Waals surface area contributed by atoms with Gasteiger partial charge in [0.15, 0.2) is 0 Å². The van der Waals surface area contributed by atoms with E-state index in [1.807, 2.05) is 0 Å². The van der Waals surface area contributed by atoms with E-state index >= 15 is 4.39 Å². The fraction of sp³-hybridized carbons (Fsp3) is 0.310. The van der Waals surface area contributed by atoms with Gasteiger partial charge in [-0.25, -0.2) is 12.8 Å². The van der Waals surface area contributed by atoms with Gasteiger partial charge in [0.2, 0.25) is 11.8 Å². The first-order valence-electron chi connectivity index (χ1n) is 12.7. The van der Waals surface area contributed by atoms with E-state index in [4.69, 9.17) is 23.2 Å². The van der Waals surface area contributed by atoms with E-state index in [1.165, 1.54) is 35.2 Å². The lowest BCUT2D eigenvalue weighted by Crippen LogP contribution is -2.53. The number of carbonyl (C=O) groups is 2. The molecule has 2 amide bonds. The van der Waals surface area contributed by atoms with Gasteiger partial charge in [-0.05, 0) is 63.6 Å². The van der Waals surface area contributed by atoms with Gasteiger partial charge in [-0.15, -0.1) is 0 Å². The highest BCUT2D eigenvalue weighted by molar-refractivity contribution is 7.92. The van der Waals surface area contributed by atoms with Crippen LogP contribution >= 0.6 is 23.2 Å². The standard InChI is InChI=1S/C29H32Cl2FN3O4S/c1-5-26(29(37)33-19(2)3)34(17-22-23(30)9-8-10-24(22)31)28(36)18-35(27-12-7-6-11-25(27)32)40(38,39)21-15-13-20(4)14-16-21/h6-16,19,26H,5,17-18H2,1-4H3,(H,33,37). The van der Waals surface area contributed by atoms with Gasteiger partial charge in [-0.1, -0.05) is 66.0 Å². The number of para-hydroxylation sites is 1. The van der Waals surface area contributed by atoms with Gasteiger partial charge in [-0.3, -0.25) is 13.9 Å². The number of benzene rings is 3. The highest BCUT2D eigenvalue weighted by Gasteiger charge is 2.35. The van der Waals surface area contributed by atoms with Gasteiger partial charge < -0.3 is 10.2 Å². The zero-order valence-electron chi connectivity index (χ0n) is 22.7. The summed E-state index contributed by atoms with van der Waals surface area (Å²) in [5, 5.41) is 3.37. The van der Waals surface area contributed by atoms with E-state index in [0.29, 0.717) is 5.56 Å². The molecule has 0 aliphatic heterocycles. The van der Waals surface area contributed by atoms with Crippen LogP contribution in [0.15, 0.2) is 71.6 Å². The molecular weight excluding hydrogens is 576 g/mol. The number of rotatable bonds is 11. The van der Waals surface area contributed by atoms with E-state index in [2.05, 4.69) is 5.32 Å². The van der Waals surface area contributed by atoms with Crippen LogP contribution in [0.2, 0.25) is 10.0 Å². The number of nitrogens with one attached hydrogen (secondary N) is 1. The van der Waals surface area contributed by atoms with Crippen LogP contribution < -0.4 is 9.62 Å². The quantitative estimate of drug-likeness (QED) is 0.291. The molecule has 3 rings (SSSR count). The Morgan fingerprint density at radius 2 is 1.55 bits per heavy atom. The second-order valence-corrected chi connectivity index (χ2v) is 12.3. The summed E-state index contributed by atoms with van der Waals surface area (Å²) in [6.07, 6.45) is 0.219. The number of halogens is 3. The molecule has 40 heavy (non-hydrogen) atoms. The lowest BCUT2D eigenvalue weighted by molar-refractivity contribution is -0.140. The SMILES string of the molecule is CCC(C(=O)NC(C)C)N(Cc1c(Cl)cccc1Cl)C(=O)CN(c1ccccc1F)S(=O)(=O)c1ccc(C)cc1. The Morgan fingerprint density at radius 3 is 2.10 bits per heavy atom. The van der Waals surface area contributed by atoms with Crippen molar-refractivity contribution >= 4 is 50.7 Å². The van der Waals surface area contributed by atoms with Gasteiger partial charge in [-0.2, -0.15) is 0 Å². The predicted octanol–water partition coefficient (Wildman–Crippen LogP) is 5.97. The maximum atomic E-state index is 15.0. The van der Waals surface area contributed by atoms with Crippen LogP contribution in [0.5, 0.6) is 0 Å². The van der Waals surface area contributed by atoms with Gasteiger partial charge in [0.1, 0.15) is 18.4 Å². The third kappa shape index (κ3) is 7.33. The van der Waals surface area contributed by atoms with Gasteiger partial charge in [0, 0.05) is 28.2 Å². The van der Waals surface area contributed by atoms with Crippen LogP contribution in [0, 0.1) is 12.7 Å². The fourth-order valence-corrected chi connectivity index (χ4v) is 6.10. The number of nitrogens with zero attached hydrogens (tertiary/aromatic N) is 2. The topological polar surface area (TPSA) is 86.8 Å². The number of aryl methyl sites for hydroxylation is 1. The summed E-state index contributed by atoms with van der Waals surface area (Å²) in [5.41, 5.74) is 0.929. The highest BCUT2D eigenvalue weighted by atomic mass is 35.5. The molecule has 0 heterocycles. The third-order valence-electron chi connectivity index (χ3n) is 6.22. The summed E-state index contributed by atoms with van der Waals surface area (Å²) in [5.74, 6) is -1.98. The molecule has 0 aliphatic carbocycles. The summed E-state index contributed by atoms with van der Waals surface area (Å²) in [4.78, 5) is 28.3. The van der Waals surface area contributed by atoms with Gasteiger partial charge in [0.05, 0.1) is 10.6 Å². The molecule has 0 bridgehead atoms. The zero-order valence-corrected chi connectivity index (χ0v) is 25.0. The molecule has 214 valence electrons. The smallest absolute Gasteiger partial charge is 0.264 e. The minimum absolute atomic E-state index is 0.112. The minimum Gasteiger partial charge on any atom is -0.352 e. The first-order valence-corrected chi connectivity index (χ1v) is 14.9. The van der Waals surface area contributed by atoms with Crippen molar-refractivity contribution < 1.29 is 22.4 Å². The lowest BCUT2D eigenvalue weighted by Gasteiger charge is -2.34. The largest absolute Gasteiger partial charge is 0.352 e. The van der Waals surface area contributed by atoms with Crippen molar-refractivity contribution in [2.75, 3.05) is 10.8 Å². The zero-order chi connectivity index (χ0) is 29.6. The van der Waals surface area contributed by atoms with Crippen LogP contribution in [0.4, 0.5) is 10.1 Å². The summed E-state index contributed by atoms with van der Waals surface area (Å²) in [6.45, 7) is 6.17. The Hall–Kier alpha value is -3.14. The molecule has 1 N–H and O–H groups in total. The van der Waals surface area contributed by atoms with Crippen molar-refractivity contribution in [2.45, 2.75) is 57.6 Å². The molecule has 11 heteroatoms. The maximum absolute atomic E-state index is 15.0. The minimum atomic E-state index is -4.39. The monoisotopic (exact) mass is 607 g/mol. The predicted molar refractivity (Wildman–Crippen MR) is 156 cm³/mol. The number of anilines is 1. The first-order chi connectivity index (χ1) is 18.9. The van der Waals surface area contributed by atoms with E-state index in [1.54, 1.807) is 58.0 Å². The Morgan fingerprint density at radius 1 is 0.950 bits per heavy atom. The second-order valence-electron chi connectivity index (χ2n) is 9.59. The normalized spacial score (nSPS) is 12.2. The molecule has 1 atom stereocenters.